The SMILES string of the molecule is Oc1cc(O)cc(O)c1.Oc1cc(O)cc(O)c1.Oc1cc(O)cc(O)c1.Oc1cc(O)cc(O)c1.c1ccc2nc3ccccc3nc2c1.c1ccc2nc3ccccc3nc2c1.c1ccc2nc3ccccc3nc2c1.c1ccc2nc3ccccc3nc2c1.c1ccc2nc3ccccc3nc2c1.c1ccc2nc3ccccc3nc2c1.c1ccc2nc3ccccc3nc2c1. The van der Waals surface area contributed by atoms with E-state index in [0.717, 1.165) is 227 Å². The Bertz CT molecular complexity index is 6180. The zero-order valence-electron chi connectivity index (χ0n) is 70.9. The molecule has 0 unspecified atom stereocenters. The molecule has 12 N–H and O–H groups in total. The summed E-state index contributed by atoms with van der Waals surface area (Å²) in [7, 11) is 0. The van der Waals surface area contributed by atoms with Crippen LogP contribution in [0.1, 0.15) is 0 Å². The highest BCUT2D eigenvalue weighted by Gasteiger charge is 2.08. The zero-order valence-corrected chi connectivity index (χ0v) is 70.9. The summed E-state index contributed by atoms with van der Waals surface area (Å²) >= 11 is 0. The average Bonchev–Trinajstić information content (AvgIpc) is 0.835. The van der Waals surface area contributed by atoms with Gasteiger partial charge in [0.05, 0.1) is 154 Å². The molecule has 0 amide bonds. The molecular formula is C108H80N14O12. The van der Waals surface area contributed by atoms with E-state index in [2.05, 4.69) is 69.8 Å². The number of phenols is 12. The number of hydrogen-bond acceptors (Lipinski definition) is 26. The quantitative estimate of drug-likeness (QED) is 0.0627. The molecule has 134 heavy (non-hydrogen) atoms. The monoisotopic (exact) mass is 1760 g/mol. The molecule has 654 valence electrons. The second-order valence-corrected chi connectivity index (χ2v) is 29.2. The number of hydrogen-bond donors (Lipinski definition) is 12. The molecule has 0 saturated carbocycles. The molecule has 18 aromatic carbocycles. The molecule has 0 fully saturated rings. The summed E-state index contributed by atoms with van der Waals surface area (Å²) in [5.74, 6) is -1.75. The largest absolute Gasteiger partial charge is 0.508 e. The van der Waals surface area contributed by atoms with Crippen LogP contribution in [0.15, 0.2) is 413 Å². The van der Waals surface area contributed by atoms with E-state index >= 15 is 0 Å². The molecule has 0 atom stereocenters. The number of para-hydroxylation sites is 28. The van der Waals surface area contributed by atoms with Crippen molar-refractivity contribution in [2.45, 2.75) is 0 Å². The molecule has 7 heterocycles. The van der Waals surface area contributed by atoms with Gasteiger partial charge in [-0.15, -0.1) is 0 Å². The first kappa shape index (κ1) is 89.6. The standard InChI is InChI=1S/7C12H8N2.4C6H6O3/c7*1-2-6-10-9(5-1)13-11-7-3-4-8-12(11)14-10;4*7-4-1-5(8)3-6(9)2-4/h7*1-8H;4*1-3,7-9H. The molecule has 0 aliphatic carbocycles. The van der Waals surface area contributed by atoms with Crippen LogP contribution in [0.2, 0.25) is 0 Å². The van der Waals surface area contributed by atoms with Gasteiger partial charge in [-0.2, -0.15) is 0 Å². The fraction of sp³-hybridized carbons (Fsp3) is 0. The average molecular weight is 1770 g/mol. The summed E-state index contributed by atoms with van der Waals surface area (Å²) in [4.78, 5) is 63.2. The van der Waals surface area contributed by atoms with E-state index in [1.54, 1.807) is 0 Å². The fourth-order valence-corrected chi connectivity index (χ4v) is 13.3. The van der Waals surface area contributed by atoms with Gasteiger partial charge in [0, 0.05) is 72.8 Å². The topological polar surface area (TPSA) is 423 Å². The molecule has 25 rings (SSSR count). The van der Waals surface area contributed by atoms with Crippen molar-refractivity contribution in [3.8, 4) is 69.0 Å². The Kier molecular flexibility index (Phi) is 28.9. The molecule has 26 nitrogen and oxygen atoms in total. The van der Waals surface area contributed by atoms with Gasteiger partial charge in [0.15, 0.2) is 0 Å². The Morgan fingerprint density at radius 3 is 0.172 bits per heavy atom. The summed E-state index contributed by atoms with van der Waals surface area (Å²) in [6.45, 7) is 0. The number of fused-ring (bicyclic) bond motifs is 14. The third-order valence-electron chi connectivity index (χ3n) is 19.3. The first-order valence-corrected chi connectivity index (χ1v) is 41.5. The van der Waals surface area contributed by atoms with E-state index in [9.17, 15) is 0 Å². The predicted octanol–water partition coefficient (Wildman–Crippen LogP) is 22.7. The lowest BCUT2D eigenvalue weighted by atomic mass is 10.2. The molecule has 0 saturated heterocycles. The maximum atomic E-state index is 8.67. The molecular weight excluding hydrogens is 1690 g/mol. The molecule has 7 aromatic heterocycles. The van der Waals surface area contributed by atoms with Crippen molar-refractivity contribution in [3.05, 3.63) is 413 Å². The minimum Gasteiger partial charge on any atom is -0.508 e. The van der Waals surface area contributed by atoms with Crippen LogP contribution in [0.5, 0.6) is 69.0 Å². The maximum Gasteiger partial charge on any atom is 0.122 e. The second kappa shape index (κ2) is 43.3. The smallest absolute Gasteiger partial charge is 0.122 e. The third kappa shape index (κ3) is 24.7. The highest BCUT2D eigenvalue weighted by Crippen LogP contribution is 2.29. The van der Waals surface area contributed by atoms with Gasteiger partial charge < -0.3 is 61.3 Å². The van der Waals surface area contributed by atoms with Crippen molar-refractivity contribution in [2.24, 2.45) is 0 Å². The van der Waals surface area contributed by atoms with Gasteiger partial charge >= 0.3 is 0 Å². The van der Waals surface area contributed by atoms with Crippen LogP contribution in [-0.2, 0) is 0 Å². The summed E-state index contributed by atoms with van der Waals surface area (Å²) in [5, 5.41) is 104. The Balaban J connectivity index is 0.000000113. The zero-order chi connectivity index (χ0) is 93.1. The first-order chi connectivity index (χ1) is 65.3. The van der Waals surface area contributed by atoms with Crippen molar-refractivity contribution in [3.63, 3.8) is 0 Å². The van der Waals surface area contributed by atoms with Gasteiger partial charge in [-0.1, -0.05) is 170 Å². The van der Waals surface area contributed by atoms with Crippen molar-refractivity contribution < 1.29 is 61.3 Å². The minimum atomic E-state index is -0.146. The molecule has 0 radical (unpaired) electrons. The van der Waals surface area contributed by atoms with Gasteiger partial charge in [-0.3, -0.25) is 0 Å². The number of nitrogens with zero attached hydrogens (tertiary/aromatic N) is 14. The van der Waals surface area contributed by atoms with Crippen LogP contribution in [0.4, 0.5) is 0 Å². The summed E-state index contributed by atoms with van der Waals surface area (Å²) < 4.78 is 0. The van der Waals surface area contributed by atoms with E-state index < -0.39 is 0 Å². The molecule has 0 bridgehead atoms. The van der Waals surface area contributed by atoms with E-state index in [0.29, 0.717) is 0 Å². The van der Waals surface area contributed by atoms with Gasteiger partial charge in [-0.25, -0.2) is 69.8 Å². The van der Waals surface area contributed by atoms with E-state index in [1.807, 2.05) is 340 Å². The van der Waals surface area contributed by atoms with Crippen molar-refractivity contribution in [1.82, 2.24) is 69.8 Å². The number of benzene rings is 18. The van der Waals surface area contributed by atoms with Crippen LogP contribution in [0, 0.1) is 0 Å². The maximum absolute atomic E-state index is 8.67. The van der Waals surface area contributed by atoms with Crippen LogP contribution in [-0.4, -0.2) is 131 Å². The summed E-state index contributed by atoms with van der Waals surface area (Å²) in [6, 6.07) is 125. The predicted molar refractivity (Wildman–Crippen MR) is 525 cm³/mol. The molecule has 25 aromatic rings. The van der Waals surface area contributed by atoms with Gasteiger partial charge in [-0.05, 0) is 170 Å². The van der Waals surface area contributed by atoms with Gasteiger partial charge in [0.2, 0.25) is 0 Å². The molecule has 0 aliphatic heterocycles. The molecule has 0 aliphatic rings. The van der Waals surface area contributed by atoms with Crippen molar-refractivity contribution in [1.29, 1.82) is 0 Å². The van der Waals surface area contributed by atoms with Crippen LogP contribution in [0.3, 0.4) is 0 Å². The Morgan fingerprint density at radius 2 is 0.127 bits per heavy atom. The lowest BCUT2D eigenvalue weighted by Gasteiger charge is -1.98. The van der Waals surface area contributed by atoms with Crippen LogP contribution < -0.4 is 0 Å². The molecule has 0 spiro atoms. The Hall–Kier alpha value is -19.2. The lowest BCUT2D eigenvalue weighted by Crippen LogP contribution is -1.85. The second-order valence-electron chi connectivity index (χ2n) is 29.2. The van der Waals surface area contributed by atoms with Gasteiger partial charge in [0.1, 0.15) is 69.0 Å². The van der Waals surface area contributed by atoms with E-state index in [1.165, 1.54) is 0 Å². The number of aromatic nitrogens is 14. The van der Waals surface area contributed by atoms with Crippen LogP contribution in [0.25, 0.3) is 154 Å². The van der Waals surface area contributed by atoms with E-state index in [4.69, 9.17) is 61.3 Å². The Morgan fingerprint density at radius 1 is 0.0821 bits per heavy atom. The van der Waals surface area contributed by atoms with Crippen molar-refractivity contribution >= 4 is 154 Å². The van der Waals surface area contributed by atoms with E-state index in [-0.39, 0.29) is 69.0 Å². The Labute approximate surface area is 762 Å². The number of aromatic hydroxyl groups is 12. The summed E-state index contributed by atoms with van der Waals surface area (Å²) in [5.41, 5.74) is 26.6. The van der Waals surface area contributed by atoms with Crippen molar-refractivity contribution in [2.75, 3.05) is 0 Å². The number of phenolic OH excluding ortho intramolecular Hbond substituents is 12. The third-order valence-corrected chi connectivity index (χ3v) is 19.3. The molecule has 26 heteroatoms. The van der Waals surface area contributed by atoms with Crippen LogP contribution >= 0.6 is 0 Å². The summed E-state index contributed by atoms with van der Waals surface area (Å²) in [6.07, 6.45) is 0. The fourth-order valence-electron chi connectivity index (χ4n) is 13.3. The number of rotatable bonds is 0. The van der Waals surface area contributed by atoms with Gasteiger partial charge in [0.25, 0.3) is 0 Å². The highest BCUT2D eigenvalue weighted by atomic mass is 16.3. The first-order valence-electron chi connectivity index (χ1n) is 41.5. The minimum absolute atomic E-state index is 0.146. The highest BCUT2D eigenvalue weighted by molar-refractivity contribution is 5.92. The lowest BCUT2D eigenvalue weighted by molar-refractivity contribution is 0.426. The normalized spacial score (nSPS) is 10.4.